The Bertz CT molecular complexity index is 916. The van der Waals surface area contributed by atoms with Crippen LogP contribution < -0.4 is 10.1 Å². The standard InChI is InChI=1S/C17H18ClN5O2/c1-11-16(18)12(2)23(20-11)10-22-8-7-15(21-22)17(24)19-13-5-4-6-14(9-13)25-3/h4-9H,10H2,1-3H3,(H,19,24). The van der Waals surface area contributed by atoms with Crippen LogP contribution in [-0.2, 0) is 6.67 Å². The third-order valence-electron chi connectivity index (χ3n) is 3.77. The molecule has 0 spiro atoms. The van der Waals surface area contributed by atoms with Crippen LogP contribution in [0.15, 0.2) is 36.5 Å². The van der Waals surface area contributed by atoms with Crippen molar-refractivity contribution in [2.45, 2.75) is 20.5 Å². The quantitative estimate of drug-likeness (QED) is 0.759. The zero-order chi connectivity index (χ0) is 18.0. The van der Waals surface area contributed by atoms with Gasteiger partial charge in [0, 0.05) is 18.0 Å². The van der Waals surface area contributed by atoms with Gasteiger partial charge >= 0.3 is 0 Å². The maximum absolute atomic E-state index is 12.3. The van der Waals surface area contributed by atoms with Crippen LogP contribution in [0, 0.1) is 13.8 Å². The highest BCUT2D eigenvalue weighted by atomic mass is 35.5. The molecule has 0 aliphatic heterocycles. The largest absolute Gasteiger partial charge is 0.497 e. The van der Waals surface area contributed by atoms with E-state index in [1.54, 1.807) is 46.9 Å². The van der Waals surface area contributed by atoms with Gasteiger partial charge < -0.3 is 10.1 Å². The number of halogens is 1. The van der Waals surface area contributed by atoms with Crippen LogP contribution in [0.5, 0.6) is 5.75 Å². The Kier molecular flexibility index (Phi) is 4.76. The lowest BCUT2D eigenvalue weighted by molar-refractivity contribution is 0.102. The molecule has 0 saturated carbocycles. The van der Waals surface area contributed by atoms with Crippen LogP contribution in [0.25, 0.3) is 0 Å². The highest BCUT2D eigenvalue weighted by Crippen LogP contribution is 2.19. The topological polar surface area (TPSA) is 74.0 Å². The van der Waals surface area contributed by atoms with Crippen molar-refractivity contribution in [1.29, 1.82) is 0 Å². The summed E-state index contributed by atoms with van der Waals surface area (Å²) in [4.78, 5) is 12.3. The Morgan fingerprint density at radius 1 is 1.28 bits per heavy atom. The lowest BCUT2D eigenvalue weighted by Crippen LogP contribution is -2.15. The first kappa shape index (κ1) is 17.0. The molecule has 130 valence electrons. The Morgan fingerprint density at radius 3 is 2.76 bits per heavy atom. The summed E-state index contributed by atoms with van der Waals surface area (Å²) in [5, 5.41) is 12.1. The van der Waals surface area contributed by atoms with E-state index in [1.807, 2.05) is 19.9 Å². The number of rotatable bonds is 5. The third kappa shape index (κ3) is 3.66. The number of nitrogens with zero attached hydrogens (tertiary/aromatic N) is 4. The molecule has 0 aliphatic rings. The lowest BCUT2D eigenvalue weighted by atomic mass is 10.3. The molecule has 1 N–H and O–H groups in total. The van der Waals surface area contributed by atoms with Gasteiger partial charge in [0.1, 0.15) is 12.4 Å². The monoisotopic (exact) mass is 359 g/mol. The van der Waals surface area contributed by atoms with Crippen molar-refractivity contribution in [3.63, 3.8) is 0 Å². The minimum Gasteiger partial charge on any atom is -0.497 e. The minimum absolute atomic E-state index is 0.293. The predicted octanol–water partition coefficient (Wildman–Crippen LogP) is 3.12. The van der Waals surface area contributed by atoms with E-state index >= 15 is 0 Å². The van der Waals surface area contributed by atoms with Gasteiger partial charge in [-0.1, -0.05) is 17.7 Å². The number of aryl methyl sites for hydroxylation is 1. The Balaban J connectivity index is 1.72. The molecular formula is C17H18ClN5O2. The molecule has 25 heavy (non-hydrogen) atoms. The van der Waals surface area contributed by atoms with Gasteiger partial charge in [0.15, 0.2) is 5.69 Å². The second-order valence-corrected chi connectivity index (χ2v) is 5.93. The fourth-order valence-corrected chi connectivity index (χ4v) is 2.54. The average molecular weight is 360 g/mol. The molecular weight excluding hydrogens is 342 g/mol. The highest BCUT2D eigenvalue weighted by molar-refractivity contribution is 6.31. The second-order valence-electron chi connectivity index (χ2n) is 5.55. The summed E-state index contributed by atoms with van der Waals surface area (Å²) < 4.78 is 8.52. The zero-order valence-electron chi connectivity index (χ0n) is 14.2. The molecule has 7 nitrogen and oxygen atoms in total. The maximum atomic E-state index is 12.3. The fraction of sp³-hybridized carbons (Fsp3) is 0.235. The number of carbonyl (C=O) groups excluding carboxylic acids is 1. The highest BCUT2D eigenvalue weighted by Gasteiger charge is 2.13. The molecule has 2 aromatic heterocycles. The number of benzene rings is 1. The summed E-state index contributed by atoms with van der Waals surface area (Å²) in [5.41, 5.74) is 2.58. The predicted molar refractivity (Wildman–Crippen MR) is 95.3 cm³/mol. The Labute approximate surface area is 150 Å². The van der Waals surface area contributed by atoms with E-state index in [2.05, 4.69) is 15.5 Å². The number of ether oxygens (including phenoxy) is 1. The first-order valence-electron chi connectivity index (χ1n) is 7.66. The van der Waals surface area contributed by atoms with Crippen molar-refractivity contribution in [3.8, 4) is 5.75 Å². The van der Waals surface area contributed by atoms with Gasteiger partial charge in [-0.05, 0) is 32.0 Å². The van der Waals surface area contributed by atoms with E-state index in [9.17, 15) is 4.79 Å². The first-order valence-corrected chi connectivity index (χ1v) is 8.04. The Morgan fingerprint density at radius 2 is 2.08 bits per heavy atom. The molecule has 3 aromatic rings. The van der Waals surface area contributed by atoms with Crippen molar-refractivity contribution < 1.29 is 9.53 Å². The average Bonchev–Trinajstić information content (AvgIpc) is 3.16. The van der Waals surface area contributed by atoms with Gasteiger partial charge in [0.2, 0.25) is 0 Å². The van der Waals surface area contributed by atoms with Crippen LogP contribution in [0.3, 0.4) is 0 Å². The molecule has 0 radical (unpaired) electrons. The van der Waals surface area contributed by atoms with E-state index in [0.717, 1.165) is 11.4 Å². The van der Waals surface area contributed by atoms with E-state index in [4.69, 9.17) is 16.3 Å². The second kappa shape index (κ2) is 6.98. The van der Waals surface area contributed by atoms with Crippen LogP contribution in [0.4, 0.5) is 5.69 Å². The van der Waals surface area contributed by atoms with Crippen molar-refractivity contribution in [1.82, 2.24) is 19.6 Å². The molecule has 3 rings (SSSR count). The van der Waals surface area contributed by atoms with Crippen molar-refractivity contribution in [3.05, 3.63) is 58.6 Å². The summed E-state index contributed by atoms with van der Waals surface area (Å²) in [6.45, 7) is 4.12. The van der Waals surface area contributed by atoms with Crippen LogP contribution >= 0.6 is 11.6 Å². The SMILES string of the molecule is COc1cccc(NC(=O)c2ccn(Cn3nc(C)c(Cl)c3C)n2)c1. The van der Waals surface area contributed by atoms with Crippen LogP contribution in [0.2, 0.25) is 5.02 Å². The summed E-state index contributed by atoms with van der Waals surface area (Å²) in [5.74, 6) is 0.378. The van der Waals surface area contributed by atoms with Crippen LogP contribution in [0.1, 0.15) is 21.9 Å². The normalized spacial score (nSPS) is 10.7. The number of nitrogens with one attached hydrogen (secondary N) is 1. The van der Waals surface area contributed by atoms with Gasteiger partial charge in [0.05, 0.1) is 23.5 Å². The van der Waals surface area contributed by atoms with E-state index in [1.165, 1.54) is 0 Å². The summed E-state index contributed by atoms with van der Waals surface area (Å²) >= 11 is 6.15. The Hall–Kier alpha value is -2.80. The molecule has 0 atom stereocenters. The number of carbonyl (C=O) groups is 1. The van der Waals surface area contributed by atoms with Gasteiger partial charge in [-0.25, -0.2) is 4.68 Å². The van der Waals surface area contributed by atoms with Gasteiger partial charge in [0.25, 0.3) is 5.91 Å². The molecule has 0 aliphatic carbocycles. The van der Waals surface area contributed by atoms with Crippen molar-refractivity contribution >= 4 is 23.2 Å². The number of hydrogen-bond donors (Lipinski definition) is 1. The van der Waals surface area contributed by atoms with E-state index in [-0.39, 0.29) is 5.91 Å². The number of aromatic nitrogens is 4. The molecule has 1 amide bonds. The lowest BCUT2D eigenvalue weighted by Gasteiger charge is -2.06. The number of hydrogen-bond acceptors (Lipinski definition) is 4. The maximum Gasteiger partial charge on any atom is 0.276 e. The molecule has 0 saturated heterocycles. The summed E-state index contributed by atoms with van der Waals surface area (Å²) in [7, 11) is 1.58. The van der Waals surface area contributed by atoms with Gasteiger partial charge in [-0.2, -0.15) is 10.2 Å². The molecule has 0 unspecified atom stereocenters. The van der Waals surface area contributed by atoms with Gasteiger partial charge in [-0.15, -0.1) is 0 Å². The van der Waals surface area contributed by atoms with Crippen LogP contribution in [-0.4, -0.2) is 32.6 Å². The third-order valence-corrected chi connectivity index (χ3v) is 4.32. The van der Waals surface area contributed by atoms with E-state index in [0.29, 0.717) is 28.8 Å². The first-order chi connectivity index (χ1) is 12.0. The fourth-order valence-electron chi connectivity index (χ4n) is 2.41. The zero-order valence-corrected chi connectivity index (χ0v) is 14.9. The number of amides is 1. The summed E-state index contributed by atoms with van der Waals surface area (Å²) in [6, 6.07) is 8.80. The number of anilines is 1. The van der Waals surface area contributed by atoms with Crippen molar-refractivity contribution in [2.24, 2.45) is 0 Å². The molecule has 2 heterocycles. The van der Waals surface area contributed by atoms with E-state index < -0.39 is 0 Å². The molecule has 0 bridgehead atoms. The smallest absolute Gasteiger partial charge is 0.276 e. The number of methoxy groups -OCH3 is 1. The molecule has 0 fully saturated rings. The van der Waals surface area contributed by atoms with Gasteiger partial charge in [-0.3, -0.25) is 9.48 Å². The van der Waals surface area contributed by atoms with Crippen molar-refractivity contribution in [2.75, 3.05) is 12.4 Å². The molecule has 8 heteroatoms. The molecule has 1 aromatic carbocycles. The summed E-state index contributed by atoms with van der Waals surface area (Å²) in [6.07, 6.45) is 1.73. The minimum atomic E-state index is -0.293.